The fourth-order valence-corrected chi connectivity index (χ4v) is 3.30. The lowest BCUT2D eigenvalue weighted by Crippen LogP contribution is -2.19. The molecule has 0 radical (unpaired) electrons. The highest BCUT2D eigenvalue weighted by Gasteiger charge is 2.17. The number of aliphatic hydroxyl groups excluding tert-OH is 1. The van der Waals surface area contributed by atoms with Crippen molar-refractivity contribution in [3.63, 3.8) is 0 Å². The van der Waals surface area contributed by atoms with Crippen LogP contribution in [0.4, 0.5) is 0 Å². The number of esters is 1. The predicted octanol–water partition coefficient (Wildman–Crippen LogP) is 2.12. The second-order valence-corrected chi connectivity index (χ2v) is 7.73. The van der Waals surface area contributed by atoms with E-state index < -0.39 is 28.4 Å². The SMILES string of the molecule is CNS(=O)(=O)c1cccc(C(=O)OC/C(O)=C(\C#N)c2nc3ccccc3[nH]2)c1. The first kappa shape index (κ1) is 20.1. The number of aliphatic hydroxyl groups is 1. The van der Waals surface area contributed by atoms with Gasteiger partial charge in [-0.3, -0.25) is 0 Å². The third-order valence-corrected chi connectivity index (χ3v) is 5.43. The van der Waals surface area contributed by atoms with Gasteiger partial charge in [0.2, 0.25) is 10.0 Å². The van der Waals surface area contributed by atoms with Crippen LogP contribution in [-0.4, -0.2) is 43.1 Å². The van der Waals surface area contributed by atoms with Crippen LogP contribution in [0.1, 0.15) is 16.2 Å². The Kier molecular flexibility index (Phi) is 5.63. The van der Waals surface area contributed by atoms with E-state index in [4.69, 9.17) is 4.74 Å². The molecule has 29 heavy (non-hydrogen) atoms. The van der Waals surface area contributed by atoms with Crippen LogP contribution < -0.4 is 4.72 Å². The number of carbonyl (C=O) groups is 1. The number of rotatable bonds is 6. The number of imidazole rings is 1. The van der Waals surface area contributed by atoms with Crippen molar-refractivity contribution in [2.45, 2.75) is 4.90 Å². The molecule has 0 saturated carbocycles. The van der Waals surface area contributed by atoms with E-state index in [-0.39, 0.29) is 21.9 Å². The summed E-state index contributed by atoms with van der Waals surface area (Å²) in [7, 11) is -2.47. The molecule has 0 unspecified atom stereocenters. The van der Waals surface area contributed by atoms with Gasteiger partial charge in [0.05, 0.1) is 21.5 Å². The van der Waals surface area contributed by atoms with E-state index in [2.05, 4.69) is 14.7 Å². The van der Waals surface area contributed by atoms with Gasteiger partial charge in [-0.1, -0.05) is 18.2 Å². The molecule has 3 N–H and O–H groups in total. The minimum Gasteiger partial charge on any atom is -0.507 e. The zero-order valence-corrected chi connectivity index (χ0v) is 16.0. The molecular formula is C19H16N4O5S. The molecule has 0 spiro atoms. The summed E-state index contributed by atoms with van der Waals surface area (Å²) in [5, 5.41) is 19.6. The molecule has 1 aromatic heterocycles. The molecule has 3 aromatic rings. The summed E-state index contributed by atoms with van der Waals surface area (Å²) in [6.07, 6.45) is 0. The Hall–Kier alpha value is -3.68. The Bertz CT molecular complexity index is 1220. The molecule has 3 rings (SSSR count). The first-order valence-electron chi connectivity index (χ1n) is 8.34. The van der Waals surface area contributed by atoms with Crippen LogP contribution in [0.15, 0.2) is 59.2 Å². The highest BCUT2D eigenvalue weighted by atomic mass is 32.2. The van der Waals surface area contributed by atoms with Crippen LogP contribution >= 0.6 is 0 Å². The number of fused-ring (bicyclic) bond motifs is 1. The smallest absolute Gasteiger partial charge is 0.338 e. The molecule has 0 atom stereocenters. The number of nitrogens with one attached hydrogen (secondary N) is 2. The zero-order chi connectivity index (χ0) is 21.0. The highest BCUT2D eigenvalue weighted by Crippen LogP contribution is 2.19. The summed E-state index contributed by atoms with van der Waals surface area (Å²) in [4.78, 5) is 19.3. The van der Waals surface area contributed by atoms with Gasteiger partial charge < -0.3 is 14.8 Å². The number of ether oxygens (including phenoxy) is 1. The lowest BCUT2D eigenvalue weighted by Gasteiger charge is -2.07. The van der Waals surface area contributed by atoms with E-state index in [1.807, 2.05) is 6.07 Å². The number of sulfonamides is 1. The van der Waals surface area contributed by atoms with Crippen molar-refractivity contribution in [2.75, 3.05) is 13.7 Å². The Labute approximate surface area is 166 Å². The Morgan fingerprint density at radius 2 is 2.03 bits per heavy atom. The van der Waals surface area contributed by atoms with Crippen molar-refractivity contribution in [3.05, 3.63) is 65.7 Å². The molecule has 0 fully saturated rings. The summed E-state index contributed by atoms with van der Waals surface area (Å²) in [6, 6.07) is 14.2. The molecule has 9 nitrogen and oxygen atoms in total. The number of hydrogen-bond donors (Lipinski definition) is 3. The maximum atomic E-state index is 12.2. The molecule has 148 valence electrons. The number of aromatic amines is 1. The fourth-order valence-electron chi connectivity index (χ4n) is 2.52. The molecule has 1 heterocycles. The summed E-state index contributed by atoms with van der Waals surface area (Å²) >= 11 is 0. The van der Waals surface area contributed by atoms with Crippen LogP contribution in [0, 0.1) is 11.3 Å². The minimum absolute atomic E-state index is 0.0173. The van der Waals surface area contributed by atoms with E-state index in [9.17, 15) is 23.6 Å². The minimum atomic E-state index is -3.72. The number of para-hydroxylation sites is 2. The summed E-state index contributed by atoms with van der Waals surface area (Å²) < 4.78 is 30.9. The zero-order valence-electron chi connectivity index (χ0n) is 15.2. The van der Waals surface area contributed by atoms with Gasteiger partial charge >= 0.3 is 5.97 Å². The van der Waals surface area contributed by atoms with Crippen molar-refractivity contribution in [1.82, 2.24) is 14.7 Å². The van der Waals surface area contributed by atoms with Gasteiger partial charge in [-0.15, -0.1) is 0 Å². The lowest BCUT2D eigenvalue weighted by molar-refractivity contribution is 0.0502. The number of nitrogens with zero attached hydrogens (tertiary/aromatic N) is 2. The Morgan fingerprint density at radius 1 is 1.28 bits per heavy atom. The van der Waals surface area contributed by atoms with Gasteiger partial charge in [0.25, 0.3) is 0 Å². The normalized spacial score (nSPS) is 12.3. The molecule has 2 aromatic carbocycles. The van der Waals surface area contributed by atoms with Gasteiger partial charge in [-0.05, 0) is 37.4 Å². The third-order valence-electron chi connectivity index (χ3n) is 4.02. The summed E-state index contributed by atoms with van der Waals surface area (Å²) in [6.45, 7) is -0.582. The van der Waals surface area contributed by atoms with Crippen LogP contribution in [0.2, 0.25) is 0 Å². The first-order chi connectivity index (χ1) is 13.9. The van der Waals surface area contributed by atoms with Gasteiger partial charge in [0.15, 0.2) is 11.6 Å². The standard InChI is InChI=1S/C19H16N4O5S/c1-21-29(26,27)13-6-4-5-12(9-13)19(25)28-11-17(24)14(10-20)18-22-15-7-2-3-8-16(15)23-18/h2-9,21,24H,11H2,1H3,(H,22,23)/b17-14-. The Morgan fingerprint density at radius 3 is 2.72 bits per heavy atom. The number of nitriles is 1. The van der Waals surface area contributed by atoms with Crippen LogP contribution in [0.25, 0.3) is 16.6 Å². The topological polar surface area (TPSA) is 145 Å². The third kappa shape index (κ3) is 4.26. The van der Waals surface area contributed by atoms with E-state index in [1.165, 1.54) is 25.2 Å². The molecule has 0 aliphatic rings. The number of benzene rings is 2. The number of allylic oxidation sites excluding steroid dienone is 1. The maximum absolute atomic E-state index is 12.2. The van der Waals surface area contributed by atoms with Crippen molar-refractivity contribution in [3.8, 4) is 6.07 Å². The molecule has 0 saturated heterocycles. The second kappa shape index (κ2) is 8.14. The monoisotopic (exact) mass is 412 g/mol. The van der Waals surface area contributed by atoms with Crippen molar-refractivity contribution in [1.29, 1.82) is 5.26 Å². The van der Waals surface area contributed by atoms with Crippen molar-refractivity contribution in [2.24, 2.45) is 0 Å². The first-order valence-corrected chi connectivity index (χ1v) is 9.82. The molecule has 0 amide bonds. The molecule has 0 bridgehead atoms. The lowest BCUT2D eigenvalue weighted by atomic mass is 10.2. The largest absolute Gasteiger partial charge is 0.507 e. The number of carbonyl (C=O) groups excluding carboxylic acids is 1. The van der Waals surface area contributed by atoms with Gasteiger partial charge in [-0.25, -0.2) is 22.9 Å². The molecule has 10 heteroatoms. The van der Waals surface area contributed by atoms with Gasteiger partial charge in [-0.2, -0.15) is 5.26 Å². The highest BCUT2D eigenvalue weighted by molar-refractivity contribution is 7.89. The van der Waals surface area contributed by atoms with Gasteiger partial charge in [0.1, 0.15) is 18.2 Å². The van der Waals surface area contributed by atoms with Crippen LogP contribution in [-0.2, 0) is 14.8 Å². The summed E-state index contributed by atoms with van der Waals surface area (Å²) in [5.74, 6) is -1.20. The van der Waals surface area contributed by atoms with E-state index in [0.29, 0.717) is 11.0 Å². The van der Waals surface area contributed by atoms with Crippen molar-refractivity contribution < 1.29 is 23.1 Å². The van der Waals surface area contributed by atoms with E-state index in [1.54, 1.807) is 24.3 Å². The fraction of sp³-hybridized carbons (Fsp3) is 0.105. The van der Waals surface area contributed by atoms with Gasteiger partial charge in [0, 0.05) is 0 Å². The molecule has 0 aliphatic heterocycles. The predicted molar refractivity (Wildman–Crippen MR) is 104 cm³/mol. The summed E-state index contributed by atoms with van der Waals surface area (Å²) in [5.41, 5.74) is 1.11. The van der Waals surface area contributed by atoms with Crippen LogP contribution in [0.3, 0.4) is 0 Å². The van der Waals surface area contributed by atoms with Crippen LogP contribution in [0.5, 0.6) is 0 Å². The van der Waals surface area contributed by atoms with Crippen molar-refractivity contribution >= 4 is 32.6 Å². The average Bonchev–Trinajstić information content (AvgIpc) is 3.16. The second-order valence-electron chi connectivity index (χ2n) is 5.85. The molecular weight excluding hydrogens is 396 g/mol. The molecule has 0 aliphatic carbocycles. The number of H-pyrrole nitrogens is 1. The van der Waals surface area contributed by atoms with E-state index >= 15 is 0 Å². The maximum Gasteiger partial charge on any atom is 0.338 e. The average molecular weight is 412 g/mol. The quantitative estimate of drug-likeness (QED) is 0.319. The van der Waals surface area contributed by atoms with E-state index in [0.717, 1.165) is 6.07 Å². The number of hydrogen-bond acceptors (Lipinski definition) is 7. The number of aromatic nitrogens is 2. The Balaban J connectivity index is 1.80.